The van der Waals surface area contributed by atoms with Gasteiger partial charge in [-0.25, -0.2) is 4.39 Å². The van der Waals surface area contributed by atoms with Crippen molar-refractivity contribution in [3.05, 3.63) is 64.5 Å². The van der Waals surface area contributed by atoms with E-state index in [2.05, 4.69) is 19.9 Å². The second kappa shape index (κ2) is 6.41. The van der Waals surface area contributed by atoms with E-state index in [0.717, 1.165) is 16.9 Å². The van der Waals surface area contributed by atoms with Gasteiger partial charge in [-0.15, -0.1) is 0 Å². The fourth-order valence-corrected chi connectivity index (χ4v) is 2.04. The zero-order valence-corrected chi connectivity index (χ0v) is 12.5. The molecule has 108 valence electrons. The molecule has 2 rings (SSSR count). The molecule has 0 aliphatic carbocycles. The van der Waals surface area contributed by atoms with Gasteiger partial charge in [0.1, 0.15) is 24.2 Å². The number of halogens is 1. The van der Waals surface area contributed by atoms with E-state index in [1.54, 1.807) is 6.07 Å². The molecule has 0 aliphatic rings. The van der Waals surface area contributed by atoms with Crippen molar-refractivity contribution < 1.29 is 9.13 Å². The highest BCUT2D eigenvalue weighted by Gasteiger charge is 2.07. The molecule has 0 saturated carbocycles. The van der Waals surface area contributed by atoms with Crippen LogP contribution in [0, 0.1) is 24.1 Å². The predicted molar refractivity (Wildman–Crippen MR) is 80.7 cm³/mol. The summed E-state index contributed by atoms with van der Waals surface area (Å²) in [5.41, 5.74) is 3.10. The van der Waals surface area contributed by atoms with Crippen LogP contribution in [0.1, 0.15) is 42.0 Å². The summed E-state index contributed by atoms with van der Waals surface area (Å²) >= 11 is 0. The molecule has 0 amide bonds. The molecule has 3 heteroatoms. The molecule has 0 bridgehead atoms. The minimum atomic E-state index is -0.501. The van der Waals surface area contributed by atoms with Crippen LogP contribution < -0.4 is 4.74 Å². The lowest BCUT2D eigenvalue weighted by Crippen LogP contribution is -1.99. The van der Waals surface area contributed by atoms with Crippen LogP contribution in [0.2, 0.25) is 0 Å². The van der Waals surface area contributed by atoms with Gasteiger partial charge in [0, 0.05) is 0 Å². The van der Waals surface area contributed by atoms with Crippen LogP contribution in [0.4, 0.5) is 4.39 Å². The van der Waals surface area contributed by atoms with Crippen molar-refractivity contribution >= 4 is 0 Å². The minimum absolute atomic E-state index is 0.0451. The van der Waals surface area contributed by atoms with Gasteiger partial charge < -0.3 is 4.74 Å². The summed E-state index contributed by atoms with van der Waals surface area (Å²) in [5, 5.41) is 8.84. The average molecular weight is 283 g/mol. The third-order valence-electron chi connectivity index (χ3n) is 3.42. The summed E-state index contributed by atoms with van der Waals surface area (Å²) in [6.45, 7) is 6.57. The molecule has 21 heavy (non-hydrogen) atoms. The first-order valence-corrected chi connectivity index (χ1v) is 6.93. The lowest BCUT2D eigenvalue weighted by molar-refractivity contribution is 0.303. The standard InChI is InChI=1S/C18H18FNO/c1-12(2)15-6-4-13(3)18(9-15)21-11-14-5-7-17(19)16(8-14)10-20/h4-9,12H,11H2,1-3H3. The van der Waals surface area contributed by atoms with Gasteiger partial charge in [0.05, 0.1) is 5.56 Å². The van der Waals surface area contributed by atoms with Gasteiger partial charge in [-0.05, 0) is 47.7 Å². The number of aryl methyl sites for hydroxylation is 1. The molecule has 0 heterocycles. The minimum Gasteiger partial charge on any atom is -0.489 e. The largest absolute Gasteiger partial charge is 0.489 e. The van der Waals surface area contributed by atoms with Gasteiger partial charge in [0.15, 0.2) is 0 Å². The van der Waals surface area contributed by atoms with E-state index in [1.165, 1.54) is 17.7 Å². The maximum atomic E-state index is 13.3. The van der Waals surface area contributed by atoms with Gasteiger partial charge in [-0.1, -0.05) is 32.0 Å². The highest BCUT2D eigenvalue weighted by molar-refractivity contribution is 5.38. The number of benzene rings is 2. The van der Waals surface area contributed by atoms with Crippen LogP contribution in [0.25, 0.3) is 0 Å². The maximum Gasteiger partial charge on any atom is 0.140 e. The third-order valence-corrected chi connectivity index (χ3v) is 3.42. The number of nitriles is 1. The first kappa shape index (κ1) is 15.1. The fraction of sp³-hybridized carbons (Fsp3) is 0.278. The van der Waals surface area contributed by atoms with Crippen LogP contribution in [-0.4, -0.2) is 0 Å². The molecule has 2 aromatic rings. The Balaban J connectivity index is 2.16. The first-order valence-electron chi connectivity index (χ1n) is 6.93. The molecule has 0 unspecified atom stereocenters. The van der Waals surface area contributed by atoms with Gasteiger partial charge >= 0.3 is 0 Å². The van der Waals surface area contributed by atoms with Crippen molar-refractivity contribution in [2.24, 2.45) is 0 Å². The van der Waals surface area contributed by atoms with Crippen molar-refractivity contribution in [3.63, 3.8) is 0 Å². The molecule has 2 nitrogen and oxygen atoms in total. The van der Waals surface area contributed by atoms with E-state index < -0.39 is 5.82 Å². The second-order valence-corrected chi connectivity index (χ2v) is 5.39. The van der Waals surface area contributed by atoms with E-state index >= 15 is 0 Å². The molecule has 0 saturated heterocycles. The van der Waals surface area contributed by atoms with E-state index in [9.17, 15) is 4.39 Å². The van der Waals surface area contributed by atoms with Crippen molar-refractivity contribution in [2.75, 3.05) is 0 Å². The monoisotopic (exact) mass is 283 g/mol. The van der Waals surface area contributed by atoms with Crippen LogP contribution in [-0.2, 0) is 6.61 Å². The van der Waals surface area contributed by atoms with Crippen LogP contribution in [0.5, 0.6) is 5.75 Å². The van der Waals surface area contributed by atoms with Crippen LogP contribution >= 0.6 is 0 Å². The summed E-state index contributed by atoms with van der Waals surface area (Å²) in [4.78, 5) is 0. The Morgan fingerprint density at radius 1 is 1.19 bits per heavy atom. The van der Waals surface area contributed by atoms with Crippen LogP contribution in [0.15, 0.2) is 36.4 Å². The van der Waals surface area contributed by atoms with Crippen LogP contribution in [0.3, 0.4) is 0 Å². The quantitative estimate of drug-likeness (QED) is 0.814. The van der Waals surface area contributed by atoms with E-state index in [4.69, 9.17) is 10.00 Å². The second-order valence-electron chi connectivity index (χ2n) is 5.39. The van der Waals surface area contributed by atoms with Crippen molar-refractivity contribution in [2.45, 2.75) is 33.3 Å². The molecular formula is C18H18FNO. The van der Waals surface area contributed by atoms with E-state index in [-0.39, 0.29) is 5.56 Å². The molecular weight excluding hydrogens is 265 g/mol. The molecule has 0 fully saturated rings. The van der Waals surface area contributed by atoms with Gasteiger partial charge in [-0.3, -0.25) is 0 Å². The van der Waals surface area contributed by atoms with Gasteiger partial charge in [0.25, 0.3) is 0 Å². The molecule has 0 radical (unpaired) electrons. The Labute approximate surface area is 124 Å². The lowest BCUT2D eigenvalue weighted by atomic mass is 10.0. The van der Waals surface area contributed by atoms with Crippen molar-refractivity contribution in [1.82, 2.24) is 0 Å². The highest BCUT2D eigenvalue weighted by atomic mass is 19.1. The Morgan fingerprint density at radius 2 is 1.95 bits per heavy atom. The number of hydrogen-bond donors (Lipinski definition) is 0. The zero-order chi connectivity index (χ0) is 15.4. The number of ether oxygens (including phenoxy) is 1. The fourth-order valence-electron chi connectivity index (χ4n) is 2.04. The zero-order valence-electron chi connectivity index (χ0n) is 12.5. The summed E-state index contributed by atoms with van der Waals surface area (Å²) in [6.07, 6.45) is 0. The Morgan fingerprint density at radius 3 is 2.62 bits per heavy atom. The van der Waals surface area contributed by atoms with E-state index in [0.29, 0.717) is 12.5 Å². The predicted octanol–water partition coefficient (Wildman–Crippen LogP) is 4.71. The molecule has 0 spiro atoms. The topological polar surface area (TPSA) is 33.0 Å². The number of rotatable bonds is 4. The average Bonchev–Trinajstić information content (AvgIpc) is 2.47. The summed E-state index contributed by atoms with van der Waals surface area (Å²) in [5.74, 6) is 0.757. The highest BCUT2D eigenvalue weighted by Crippen LogP contribution is 2.25. The smallest absolute Gasteiger partial charge is 0.140 e. The maximum absolute atomic E-state index is 13.3. The number of hydrogen-bond acceptors (Lipinski definition) is 2. The van der Waals surface area contributed by atoms with Gasteiger partial charge in [-0.2, -0.15) is 5.26 Å². The molecule has 0 N–H and O–H groups in total. The number of nitrogens with zero attached hydrogens (tertiary/aromatic N) is 1. The first-order chi connectivity index (χ1) is 10.0. The summed E-state index contributed by atoms with van der Waals surface area (Å²) in [7, 11) is 0. The Kier molecular flexibility index (Phi) is 4.59. The molecule has 0 aliphatic heterocycles. The normalized spacial score (nSPS) is 10.5. The summed E-state index contributed by atoms with van der Waals surface area (Å²) in [6, 6.07) is 12.5. The molecule has 0 atom stereocenters. The SMILES string of the molecule is Cc1ccc(C(C)C)cc1OCc1ccc(F)c(C#N)c1. The molecule has 2 aromatic carbocycles. The Bertz CT molecular complexity index is 686. The van der Waals surface area contributed by atoms with E-state index in [1.807, 2.05) is 25.1 Å². The Hall–Kier alpha value is -2.34. The van der Waals surface area contributed by atoms with Crippen molar-refractivity contribution in [1.29, 1.82) is 5.26 Å². The molecule has 0 aromatic heterocycles. The van der Waals surface area contributed by atoms with Gasteiger partial charge in [0.2, 0.25) is 0 Å². The lowest BCUT2D eigenvalue weighted by Gasteiger charge is -2.13. The third kappa shape index (κ3) is 3.61. The summed E-state index contributed by atoms with van der Waals surface area (Å²) < 4.78 is 19.1. The van der Waals surface area contributed by atoms with Crippen molar-refractivity contribution in [3.8, 4) is 11.8 Å².